The highest BCUT2D eigenvalue weighted by molar-refractivity contribution is 14.0. The molecule has 3 rings (SSSR count). The number of hydrogen-bond donors (Lipinski definition) is 1. The quantitative estimate of drug-likeness (QED) is 0.368. The predicted octanol–water partition coefficient (Wildman–Crippen LogP) is 3.92. The summed E-state index contributed by atoms with van der Waals surface area (Å²) in [7, 11) is 1.75. The number of aromatic nitrogens is 1. The van der Waals surface area contributed by atoms with E-state index in [2.05, 4.69) is 25.1 Å². The zero-order chi connectivity index (χ0) is 20.9. The Hall–Kier alpha value is -1.88. The van der Waals surface area contributed by atoms with Crippen LogP contribution in [0.1, 0.15) is 22.4 Å². The topological polar surface area (TPSA) is 43.8 Å². The fourth-order valence-electron chi connectivity index (χ4n) is 3.42. The molecule has 164 valence electrons. The zero-order valence-corrected chi connectivity index (χ0v) is 19.4. The number of nitrogens with one attached hydrogen (secondary N) is 1. The molecule has 0 radical (unpaired) electrons. The van der Waals surface area contributed by atoms with E-state index in [1.54, 1.807) is 19.3 Å². The van der Waals surface area contributed by atoms with Crippen LogP contribution in [-0.2, 0) is 19.3 Å². The Bertz CT molecular complexity index is 849. The van der Waals surface area contributed by atoms with Gasteiger partial charge in [-0.15, -0.1) is 24.0 Å². The lowest BCUT2D eigenvalue weighted by atomic mass is 10.1. The van der Waals surface area contributed by atoms with Crippen molar-refractivity contribution in [2.75, 3.05) is 33.2 Å². The minimum atomic E-state index is -4.31. The molecule has 2 heterocycles. The summed E-state index contributed by atoms with van der Waals surface area (Å²) in [6.07, 6.45) is -2.53. The third-order valence-electron chi connectivity index (χ3n) is 5.08. The van der Waals surface area contributed by atoms with E-state index in [0.29, 0.717) is 18.7 Å². The summed E-state index contributed by atoms with van der Waals surface area (Å²) >= 11 is 0. The van der Waals surface area contributed by atoms with Crippen LogP contribution in [0.15, 0.2) is 47.6 Å². The minimum absolute atomic E-state index is 0. The van der Waals surface area contributed by atoms with Crippen LogP contribution in [0.5, 0.6) is 0 Å². The van der Waals surface area contributed by atoms with Gasteiger partial charge in [-0.25, -0.2) is 0 Å². The molecule has 0 amide bonds. The molecule has 1 aromatic carbocycles. The van der Waals surface area contributed by atoms with Gasteiger partial charge in [-0.1, -0.05) is 24.3 Å². The lowest BCUT2D eigenvalue weighted by molar-refractivity contribution is -0.137. The molecule has 5 nitrogen and oxygen atoms in total. The molecule has 30 heavy (non-hydrogen) atoms. The second-order valence-corrected chi connectivity index (χ2v) is 7.13. The third kappa shape index (κ3) is 6.56. The van der Waals surface area contributed by atoms with Crippen molar-refractivity contribution in [2.45, 2.75) is 26.2 Å². The van der Waals surface area contributed by atoms with Crippen molar-refractivity contribution in [3.05, 3.63) is 65.0 Å². The van der Waals surface area contributed by atoms with Crippen LogP contribution in [0.2, 0.25) is 0 Å². The average molecular weight is 533 g/mol. The molecule has 1 aromatic heterocycles. The number of nitrogens with zero attached hydrogens (tertiary/aromatic N) is 4. The van der Waals surface area contributed by atoms with Crippen molar-refractivity contribution in [1.82, 2.24) is 20.1 Å². The second kappa shape index (κ2) is 10.9. The fraction of sp³-hybridized carbons (Fsp3) is 0.429. The number of guanidine groups is 1. The molecular weight excluding hydrogens is 506 g/mol. The number of piperazine rings is 1. The summed E-state index contributed by atoms with van der Waals surface area (Å²) in [5.41, 5.74) is 2.20. The van der Waals surface area contributed by atoms with Crippen LogP contribution >= 0.6 is 24.0 Å². The Kier molecular flexibility index (Phi) is 8.90. The summed E-state index contributed by atoms with van der Waals surface area (Å²) in [6.45, 7) is 6.19. The maximum Gasteiger partial charge on any atom is 0.416 e. The molecule has 0 bridgehead atoms. The number of hydrogen-bond acceptors (Lipinski definition) is 3. The van der Waals surface area contributed by atoms with Crippen LogP contribution in [0, 0.1) is 6.92 Å². The molecule has 1 aliphatic rings. The Morgan fingerprint density at radius 2 is 1.87 bits per heavy atom. The highest BCUT2D eigenvalue weighted by Gasteiger charge is 2.30. The fourth-order valence-corrected chi connectivity index (χ4v) is 3.42. The van der Waals surface area contributed by atoms with Crippen molar-refractivity contribution in [1.29, 1.82) is 0 Å². The van der Waals surface area contributed by atoms with Crippen molar-refractivity contribution in [3.63, 3.8) is 0 Å². The van der Waals surface area contributed by atoms with Crippen molar-refractivity contribution >= 4 is 29.9 Å². The lowest BCUT2D eigenvalue weighted by Crippen LogP contribution is -2.52. The highest BCUT2D eigenvalue weighted by atomic mass is 127. The zero-order valence-electron chi connectivity index (χ0n) is 17.1. The molecule has 0 unspecified atom stereocenters. The third-order valence-corrected chi connectivity index (χ3v) is 5.08. The summed E-state index contributed by atoms with van der Waals surface area (Å²) in [5, 5.41) is 3.35. The monoisotopic (exact) mass is 533 g/mol. The molecule has 1 saturated heterocycles. The van der Waals surface area contributed by atoms with Crippen molar-refractivity contribution < 1.29 is 13.2 Å². The number of aliphatic imine (C=N–C) groups is 1. The van der Waals surface area contributed by atoms with Gasteiger partial charge in [0.25, 0.3) is 0 Å². The van der Waals surface area contributed by atoms with E-state index in [9.17, 15) is 13.2 Å². The number of rotatable bonds is 4. The van der Waals surface area contributed by atoms with E-state index in [4.69, 9.17) is 0 Å². The van der Waals surface area contributed by atoms with Gasteiger partial charge in [0.2, 0.25) is 0 Å². The average Bonchev–Trinajstić information content (AvgIpc) is 2.70. The number of halogens is 4. The summed E-state index contributed by atoms with van der Waals surface area (Å²) in [4.78, 5) is 13.1. The second-order valence-electron chi connectivity index (χ2n) is 7.13. The number of aryl methyl sites for hydroxylation is 1. The van der Waals surface area contributed by atoms with Gasteiger partial charge in [-0.3, -0.25) is 14.9 Å². The standard InChI is InChI=1S/C21H26F3N5.HI/c1-16-5-4-8-26-19(16)14-27-20(25-2)29-11-9-28(10-12-29)15-17-6-3-7-18(13-17)21(22,23)24;/h3-8,13H,9-12,14-15H2,1-2H3,(H,25,27);1H. The number of alkyl halides is 3. The number of benzene rings is 1. The summed E-state index contributed by atoms with van der Waals surface area (Å²) in [5.74, 6) is 0.814. The molecule has 2 aromatic rings. The summed E-state index contributed by atoms with van der Waals surface area (Å²) < 4.78 is 38.7. The lowest BCUT2D eigenvalue weighted by Gasteiger charge is -2.36. The van der Waals surface area contributed by atoms with E-state index in [1.807, 2.05) is 19.1 Å². The smallest absolute Gasteiger partial charge is 0.351 e. The van der Waals surface area contributed by atoms with E-state index < -0.39 is 11.7 Å². The largest absolute Gasteiger partial charge is 0.416 e. The first-order chi connectivity index (χ1) is 13.9. The van der Waals surface area contributed by atoms with Crippen LogP contribution in [0.4, 0.5) is 13.2 Å². The van der Waals surface area contributed by atoms with Gasteiger partial charge in [0.15, 0.2) is 5.96 Å². The van der Waals surface area contributed by atoms with Gasteiger partial charge < -0.3 is 10.2 Å². The Morgan fingerprint density at radius 3 is 2.50 bits per heavy atom. The van der Waals surface area contributed by atoms with E-state index in [-0.39, 0.29) is 24.0 Å². The van der Waals surface area contributed by atoms with Gasteiger partial charge in [0, 0.05) is 46.0 Å². The van der Waals surface area contributed by atoms with Crippen LogP contribution < -0.4 is 5.32 Å². The molecule has 0 saturated carbocycles. The first kappa shape index (κ1) is 24.4. The molecule has 0 aliphatic carbocycles. The molecule has 1 fully saturated rings. The first-order valence-electron chi connectivity index (χ1n) is 9.61. The summed E-state index contributed by atoms with van der Waals surface area (Å²) in [6, 6.07) is 9.51. The van der Waals surface area contributed by atoms with E-state index in [0.717, 1.165) is 49.5 Å². The molecule has 9 heteroatoms. The van der Waals surface area contributed by atoms with Crippen molar-refractivity contribution in [3.8, 4) is 0 Å². The molecule has 1 aliphatic heterocycles. The van der Waals surface area contributed by atoms with Gasteiger partial charge in [-0.05, 0) is 30.2 Å². The van der Waals surface area contributed by atoms with Gasteiger partial charge in [0.1, 0.15) is 0 Å². The molecule has 1 N–H and O–H groups in total. The van der Waals surface area contributed by atoms with E-state index >= 15 is 0 Å². The Labute approximate surface area is 192 Å². The van der Waals surface area contributed by atoms with Crippen LogP contribution in [0.25, 0.3) is 0 Å². The Balaban J connectivity index is 0.00000320. The molecule has 0 atom stereocenters. The van der Waals surface area contributed by atoms with Gasteiger partial charge in [-0.2, -0.15) is 13.2 Å². The van der Waals surface area contributed by atoms with E-state index in [1.165, 1.54) is 12.1 Å². The Morgan fingerprint density at radius 1 is 1.13 bits per heavy atom. The normalized spacial score (nSPS) is 15.6. The molecule has 0 spiro atoms. The highest BCUT2D eigenvalue weighted by Crippen LogP contribution is 2.29. The maximum atomic E-state index is 12.9. The van der Waals surface area contributed by atoms with Gasteiger partial charge in [0.05, 0.1) is 17.8 Å². The van der Waals surface area contributed by atoms with Gasteiger partial charge >= 0.3 is 6.18 Å². The van der Waals surface area contributed by atoms with Crippen LogP contribution in [0.3, 0.4) is 0 Å². The predicted molar refractivity (Wildman–Crippen MR) is 123 cm³/mol. The van der Waals surface area contributed by atoms with Crippen molar-refractivity contribution in [2.24, 2.45) is 4.99 Å². The number of pyridine rings is 1. The first-order valence-corrected chi connectivity index (χ1v) is 9.61. The SMILES string of the molecule is CN=C(NCc1ncccc1C)N1CCN(Cc2cccc(C(F)(F)F)c2)CC1.I. The maximum absolute atomic E-state index is 12.9. The van der Waals surface area contributed by atoms with Crippen LogP contribution in [-0.4, -0.2) is 54.0 Å². The minimum Gasteiger partial charge on any atom is -0.351 e. The molecular formula is C21H27F3IN5.